The second-order valence-electron chi connectivity index (χ2n) is 5.12. The molecule has 0 aliphatic heterocycles. The maximum Gasteiger partial charge on any atom is 0.325 e. The standard InChI is InChI=1S/C16H17ClFN3O2S/c1-2-3-4-5-13(22)11-8-10(18)6-7-12(11)20-15(23)21-16-19-9-14(17)24-16/h6-9H,2-5H2,1H3,(H2,19,20,21,23). The first-order chi connectivity index (χ1) is 11.5. The number of hydrogen-bond acceptors (Lipinski definition) is 4. The Labute approximate surface area is 148 Å². The largest absolute Gasteiger partial charge is 0.325 e. The quantitative estimate of drug-likeness (QED) is 0.511. The Bertz CT molecular complexity index is 736. The number of halogens is 2. The molecule has 2 N–H and O–H groups in total. The molecule has 0 bridgehead atoms. The summed E-state index contributed by atoms with van der Waals surface area (Å²) in [6.07, 6.45) is 4.38. The molecule has 0 aliphatic rings. The predicted molar refractivity (Wildman–Crippen MR) is 94.6 cm³/mol. The van der Waals surface area contributed by atoms with Crippen molar-refractivity contribution in [2.24, 2.45) is 0 Å². The Morgan fingerprint density at radius 3 is 2.75 bits per heavy atom. The van der Waals surface area contributed by atoms with E-state index in [4.69, 9.17) is 11.6 Å². The highest BCUT2D eigenvalue weighted by molar-refractivity contribution is 7.19. The molecule has 24 heavy (non-hydrogen) atoms. The number of hydrogen-bond donors (Lipinski definition) is 2. The average Bonchev–Trinajstić information content (AvgIpc) is 2.94. The molecule has 1 heterocycles. The summed E-state index contributed by atoms with van der Waals surface area (Å²) >= 11 is 6.86. The van der Waals surface area contributed by atoms with E-state index in [2.05, 4.69) is 15.6 Å². The van der Waals surface area contributed by atoms with Crippen molar-refractivity contribution >= 4 is 45.6 Å². The topological polar surface area (TPSA) is 71.1 Å². The summed E-state index contributed by atoms with van der Waals surface area (Å²) in [6.45, 7) is 2.04. The molecule has 0 saturated carbocycles. The molecule has 2 aromatic rings. The van der Waals surface area contributed by atoms with Crippen LogP contribution in [0.3, 0.4) is 0 Å². The molecule has 0 saturated heterocycles. The molecule has 0 atom stereocenters. The maximum atomic E-state index is 13.5. The van der Waals surface area contributed by atoms with Gasteiger partial charge in [-0.05, 0) is 24.6 Å². The highest BCUT2D eigenvalue weighted by Crippen LogP contribution is 2.24. The molecule has 0 unspecified atom stereocenters. The van der Waals surface area contributed by atoms with Gasteiger partial charge >= 0.3 is 6.03 Å². The zero-order chi connectivity index (χ0) is 17.5. The molecular weight excluding hydrogens is 353 g/mol. The number of nitrogens with one attached hydrogen (secondary N) is 2. The number of nitrogens with zero attached hydrogens (tertiary/aromatic N) is 1. The van der Waals surface area contributed by atoms with Crippen LogP contribution in [0.1, 0.15) is 43.0 Å². The van der Waals surface area contributed by atoms with Crippen LogP contribution in [-0.4, -0.2) is 16.8 Å². The maximum absolute atomic E-state index is 13.5. The summed E-state index contributed by atoms with van der Waals surface area (Å²) in [7, 11) is 0. The van der Waals surface area contributed by atoms with Crippen molar-refractivity contribution in [3.63, 3.8) is 0 Å². The summed E-state index contributed by atoms with van der Waals surface area (Å²) in [5, 5.41) is 5.39. The number of urea groups is 1. The number of aromatic nitrogens is 1. The number of benzene rings is 1. The third kappa shape index (κ3) is 5.28. The third-order valence-corrected chi connectivity index (χ3v) is 4.27. The van der Waals surface area contributed by atoms with Gasteiger partial charge in [-0.2, -0.15) is 0 Å². The minimum atomic E-state index is -0.574. The molecule has 8 heteroatoms. The second-order valence-corrected chi connectivity index (χ2v) is 6.78. The van der Waals surface area contributed by atoms with E-state index in [0.717, 1.165) is 36.7 Å². The van der Waals surface area contributed by atoms with Gasteiger partial charge in [0.05, 0.1) is 11.9 Å². The van der Waals surface area contributed by atoms with Gasteiger partial charge in [0, 0.05) is 12.0 Å². The molecular formula is C16H17ClFN3O2S. The lowest BCUT2D eigenvalue weighted by Crippen LogP contribution is -2.21. The van der Waals surface area contributed by atoms with Crippen molar-refractivity contribution in [3.05, 3.63) is 40.1 Å². The van der Waals surface area contributed by atoms with Crippen LogP contribution >= 0.6 is 22.9 Å². The van der Waals surface area contributed by atoms with Crippen LogP contribution in [0.5, 0.6) is 0 Å². The zero-order valence-corrected chi connectivity index (χ0v) is 14.6. The van der Waals surface area contributed by atoms with E-state index in [1.165, 1.54) is 18.3 Å². The van der Waals surface area contributed by atoms with E-state index >= 15 is 0 Å². The number of amides is 2. The number of carbonyl (C=O) groups excluding carboxylic acids is 2. The van der Waals surface area contributed by atoms with E-state index < -0.39 is 11.8 Å². The predicted octanol–water partition coefficient (Wildman–Crippen LogP) is 5.34. The lowest BCUT2D eigenvalue weighted by atomic mass is 10.0. The zero-order valence-electron chi connectivity index (χ0n) is 13.1. The molecule has 1 aromatic carbocycles. The van der Waals surface area contributed by atoms with E-state index in [1.54, 1.807) is 0 Å². The summed E-state index contributed by atoms with van der Waals surface area (Å²) in [5.74, 6) is -0.720. The Morgan fingerprint density at radius 2 is 2.08 bits per heavy atom. The minimum absolute atomic E-state index is 0.165. The van der Waals surface area contributed by atoms with Crippen molar-refractivity contribution in [3.8, 4) is 0 Å². The normalized spacial score (nSPS) is 10.5. The fourth-order valence-electron chi connectivity index (χ4n) is 2.09. The van der Waals surface area contributed by atoms with Crippen LogP contribution in [0.2, 0.25) is 4.34 Å². The summed E-state index contributed by atoms with van der Waals surface area (Å²) < 4.78 is 13.9. The molecule has 0 fully saturated rings. The van der Waals surface area contributed by atoms with Crippen molar-refractivity contribution < 1.29 is 14.0 Å². The number of thiazole rings is 1. The number of ketones is 1. The van der Waals surface area contributed by atoms with E-state index in [-0.39, 0.29) is 17.0 Å². The number of anilines is 2. The summed E-state index contributed by atoms with van der Waals surface area (Å²) in [4.78, 5) is 28.2. The molecule has 2 amide bonds. The molecule has 0 aliphatic carbocycles. The van der Waals surface area contributed by atoms with Gasteiger partial charge in [-0.1, -0.05) is 42.7 Å². The van der Waals surface area contributed by atoms with Crippen LogP contribution in [0.25, 0.3) is 0 Å². The van der Waals surface area contributed by atoms with Crippen molar-refractivity contribution in [1.29, 1.82) is 0 Å². The SMILES string of the molecule is CCCCCC(=O)c1cc(F)ccc1NC(=O)Nc1ncc(Cl)s1. The van der Waals surface area contributed by atoms with Gasteiger partial charge in [0.25, 0.3) is 0 Å². The van der Waals surface area contributed by atoms with Crippen LogP contribution in [-0.2, 0) is 0 Å². The number of Topliss-reactive ketones (excluding diaryl/α,β-unsaturated/α-hetero) is 1. The van der Waals surface area contributed by atoms with Crippen molar-refractivity contribution in [1.82, 2.24) is 4.98 Å². The summed E-state index contributed by atoms with van der Waals surface area (Å²) in [6, 6.07) is 3.13. The number of rotatable bonds is 7. The fourth-order valence-corrected chi connectivity index (χ4v) is 2.90. The first-order valence-electron chi connectivity index (χ1n) is 7.51. The van der Waals surface area contributed by atoms with Gasteiger partial charge in [0.1, 0.15) is 10.2 Å². The lowest BCUT2D eigenvalue weighted by Gasteiger charge is -2.11. The lowest BCUT2D eigenvalue weighted by molar-refractivity contribution is 0.0979. The van der Waals surface area contributed by atoms with Crippen molar-refractivity contribution in [2.75, 3.05) is 10.6 Å². The average molecular weight is 370 g/mol. The van der Waals surface area contributed by atoms with Gasteiger partial charge in [0.15, 0.2) is 10.9 Å². The van der Waals surface area contributed by atoms with E-state index in [0.29, 0.717) is 15.9 Å². The van der Waals surface area contributed by atoms with Crippen LogP contribution in [0.15, 0.2) is 24.4 Å². The first kappa shape index (κ1) is 18.4. The van der Waals surface area contributed by atoms with Crippen LogP contribution in [0, 0.1) is 5.82 Å². The number of carbonyl (C=O) groups is 2. The Morgan fingerprint density at radius 1 is 1.29 bits per heavy atom. The van der Waals surface area contributed by atoms with Gasteiger partial charge in [0.2, 0.25) is 0 Å². The molecule has 1 aromatic heterocycles. The monoisotopic (exact) mass is 369 g/mol. The van der Waals surface area contributed by atoms with Gasteiger partial charge in [-0.25, -0.2) is 14.2 Å². The third-order valence-electron chi connectivity index (χ3n) is 3.24. The highest BCUT2D eigenvalue weighted by Gasteiger charge is 2.15. The van der Waals surface area contributed by atoms with Crippen molar-refractivity contribution in [2.45, 2.75) is 32.6 Å². The first-order valence-corrected chi connectivity index (χ1v) is 8.71. The van der Waals surface area contributed by atoms with E-state index in [1.807, 2.05) is 6.92 Å². The Balaban J connectivity index is 2.08. The van der Waals surface area contributed by atoms with Crippen LogP contribution < -0.4 is 10.6 Å². The molecule has 5 nitrogen and oxygen atoms in total. The van der Waals surface area contributed by atoms with E-state index in [9.17, 15) is 14.0 Å². The van der Waals surface area contributed by atoms with Gasteiger partial charge in [-0.15, -0.1) is 0 Å². The minimum Gasteiger partial charge on any atom is -0.307 e. The molecule has 0 spiro atoms. The number of unbranched alkanes of at least 4 members (excludes halogenated alkanes) is 2. The fraction of sp³-hybridized carbons (Fsp3) is 0.312. The Kier molecular flexibility index (Phi) is 6.69. The second kappa shape index (κ2) is 8.75. The molecule has 0 radical (unpaired) electrons. The van der Waals surface area contributed by atoms with Gasteiger partial charge in [-0.3, -0.25) is 10.1 Å². The molecule has 2 rings (SSSR count). The highest BCUT2D eigenvalue weighted by atomic mass is 35.5. The summed E-state index contributed by atoms with van der Waals surface area (Å²) in [5.41, 5.74) is 0.427. The van der Waals surface area contributed by atoms with Crippen LogP contribution in [0.4, 0.5) is 20.0 Å². The molecule has 128 valence electrons. The smallest absolute Gasteiger partial charge is 0.307 e. The Hall–Kier alpha value is -1.99. The van der Waals surface area contributed by atoms with Gasteiger partial charge < -0.3 is 5.32 Å².